The van der Waals surface area contributed by atoms with Crippen LogP contribution in [0.5, 0.6) is 0 Å². The van der Waals surface area contributed by atoms with Gasteiger partial charge in [0.05, 0.1) is 5.56 Å². The molecule has 0 atom stereocenters. The number of hydrogen-bond acceptors (Lipinski definition) is 1. The van der Waals surface area contributed by atoms with Gasteiger partial charge in [0.1, 0.15) is 11.6 Å². The molecule has 0 saturated carbocycles. The number of halogens is 3. The molecule has 21 heavy (non-hydrogen) atoms. The average molecular weight is 310 g/mol. The summed E-state index contributed by atoms with van der Waals surface area (Å²) in [5.74, 6) is -1.53. The second kappa shape index (κ2) is 7.18. The molecule has 2 nitrogen and oxygen atoms in total. The molecule has 0 aliphatic rings. The van der Waals surface area contributed by atoms with Gasteiger partial charge in [0.25, 0.3) is 5.91 Å². The first-order valence-electron chi connectivity index (χ1n) is 6.51. The number of alkyl halides is 1. The second-order valence-electron chi connectivity index (χ2n) is 4.57. The number of hydrogen-bond donors (Lipinski definition) is 1. The molecule has 0 aliphatic heterocycles. The Bertz CT molecular complexity index is 646. The monoisotopic (exact) mass is 309 g/mol. The van der Waals surface area contributed by atoms with Crippen LogP contribution in [0.15, 0.2) is 42.5 Å². The van der Waals surface area contributed by atoms with Crippen LogP contribution in [-0.2, 0) is 6.42 Å². The van der Waals surface area contributed by atoms with Gasteiger partial charge in [-0.05, 0) is 48.7 Å². The average Bonchev–Trinajstić information content (AvgIpc) is 2.48. The molecule has 0 aromatic heterocycles. The molecule has 1 amide bonds. The van der Waals surface area contributed by atoms with E-state index in [0.29, 0.717) is 11.6 Å². The lowest BCUT2D eigenvalue weighted by Crippen LogP contribution is -2.14. The highest BCUT2D eigenvalue weighted by molar-refractivity contribution is 6.17. The van der Waals surface area contributed by atoms with E-state index in [-0.39, 0.29) is 5.56 Å². The Morgan fingerprint density at radius 1 is 1.14 bits per heavy atom. The van der Waals surface area contributed by atoms with Gasteiger partial charge in [-0.25, -0.2) is 8.78 Å². The van der Waals surface area contributed by atoms with E-state index in [2.05, 4.69) is 5.32 Å². The lowest BCUT2D eigenvalue weighted by Gasteiger charge is -2.08. The molecule has 110 valence electrons. The van der Waals surface area contributed by atoms with Gasteiger partial charge in [-0.15, -0.1) is 11.6 Å². The maximum absolute atomic E-state index is 13.5. The van der Waals surface area contributed by atoms with Crippen LogP contribution >= 0.6 is 11.6 Å². The van der Waals surface area contributed by atoms with E-state index >= 15 is 0 Å². The van der Waals surface area contributed by atoms with E-state index in [4.69, 9.17) is 11.6 Å². The number of benzene rings is 2. The molecule has 0 heterocycles. The Labute approximate surface area is 126 Å². The lowest BCUT2D eigenvalue weighted by atomic mass is 10.1. The standard InChI is InChI=1S/C16H14ClF2NO/c17-8-2-4-11-3-1-5-13(9-11)20-16(21)14-10-12(18)6-7-15(14)19/h1,3,5-7,9-10H,2,4,8H2,(H,20,21). The summed E-state index contributed by atoms with van der Waals surface area (Å²) in [5, 5.41) is 2.56. The number of carbonyl (C=O) groups excluding carboxylic acids is 1. The molecule has 1 N–H and O–H groups in total. The van der Waals surface area contributed by atoms with Gasteiger partial charge in [0.15, 0.2) is 0 Å². The van der Waals surface area contributed by atoms with Crippen LogP contribution in [0.3, 0.4) is 0 Å². The van der Waals surface area contributed by atoms with Crippen molar-refractivity contribution in [1.82, 2.24) is 0 Å². The van der Waals surface area contributed by atoms with Crippen molar-refractivity contribution in [2.45, 2.75) is 12.8 Å². The summed E-state index contributed by atoms with van der Waals surface area (Å²) >= 11 is 5.64. The zero-order valence-corrected chi connectivity index (χ0v) is 12.0. The fourth-order valence-electron chi connectivity index (χ4n) is 1.95. The van der Waals surface area contributed by atoms with Crippen LogP contribution in [0.1, 0.15) is 22.3 Å². The molecule has 0 unspecified atom stereocenters. The lowest BCUT2D eigenvalue weighted by molar-refractivity contribution is 0.102. The minimum absolute atomic E-state index is 0.318. The van der Waals surface area contributed by atoms with Crippen LogP contribution in [-0.4, -0.2) is 11.8 Å². The van der Waals surface area contributed by atoms with Gasteiger partial charge in [0, 0.05) is 11.6 Å². The number of nitrogens with one attached hydrogen (secondary N) is 1. The molecular formula is C16H14ClF2NO. The Balaban J connectivity index is 2.14. The number of amides is 1. The minimum atomic E-state index is -0.757. The predicted octanol–water partition coefficient (Wildman–Crippen LogP) is 4.39. The fraction of sp³-hybridized carbons (Fsp3) is 0.188. The Morgan fingerprint density at radius 3 is 2.71 bits per heavy atom. The van der Waals surface area contributed by atoms with Gasteiger partial charge in [0.2, 0.25) is 0 Å². The smallest absolute Gasteiger partial charge is 0.258 e. The van der Waals surface area contributed by atoms with Crippen LogP contribution in [0.25, 0.3) is 0 Å². The third-order valence-electron chi connectivity index (χ3n) is 2.96. The molecule has 2 rings (SSSR count). The molecule has 0 radical (unpaired) electrons. The van der Waals surface area contributed by atoms with Crippen molar-refractivity contribution in [1.29, 1.82) is 0 Å². The maximum Gasteiger partial charge on any atom is 0.258 e. The fourth-order valence-corrected chi connectivity index (χ4v) is 2.08. The largest absolute Gasteiger partial charge is 0.322 e. The van der Waals surface area contributed by atoms with Crippen molar-refractivity contribution in [2.24, 2.45) is 0 Å². The molecule has 0 aliphatic carbocycles. The van der Waals surface area contributed by atoms with Gasteiger partial charge in [-0.2, -0.15) is 0 Å². The first-order chi connectivity index (χ1) is 10.1. The molecule has 2 aromatic carbocycles. The van der Waals surface area contributed by atoms with Crippen molar-refractivity contribution in [2.75, 3.05) is 11.2 Å². The van der Waals surface area contributed by atoms with E-state index in [9.17, 15) is 13.6 Å². The third-order valence-corrected chi connectivity index (χ3v) is 3.22. The van der Waals surface area contributed by atoms with Gasteiger partial charge >= 0.3 is 0 Å². The molecule has 0 fully saturated rings. The molecule has 5 heteroatoms. The van der Waals surface area contributed by atoms with Gasteiger partial charge in [-0.3, -0.25) is 4.79 Å². The second-order valence-corrected chi connectivity index (χ2v) is 4.95. The summed E-state index contributed by atoms with van der Waals surface area (Å²) < 4.78 is 26.6. The molecule has 0 bridgehead atoms. The van der Waals surface area contributed by atoms with E-state index in [1.807, 2.05) is 6.07 Å². The molecular weight excluding hydrogens is 296 g/mol. The van der Waals surface area contributed by atoms with Crippen molar-refractivity contribution in [3.63, 3.8) is 0 Å². The minimum Gasteiger partial charge on any atom is -0.322 e. The summed E-state index contributed by atoms with van der Waals surface area (Å²) in [6.07, 6.45) is 1.62. The quantitative estimate of drug-likeness (QED) is 0.816. The van der Waals surface area contributed by atoms with E-state index in [0.717, 1.165) is 36.6 Å². The summed E-state index contributed by atoms with van der Waals surface area (Å²) in [5.41, 5.74) is 1.24. The summed E-state index contributed by atoms with van der Waals surface area (Å²) in [6.45, 7) is 0. The number of rotatable bonds is 5. The topological polar surface area (TPSA) is 29.1 Å². The van der Waals surface area contributed by atoms with Crippen LogP contribution in [0, 0.1) is 11.6 Å². The van der Waals surface area contributed by atoms with Crippen LogP contribution in [0.4, 0.5) is 14.5 Å². The number of carbonyl (C=O) groups is 1. The van der Waals surface area contributed by atoms with Crippen LogP contribution < -0.4 is 5.32 Å². The normalized spacial score (nSPS) is 10.4. The van der Waals surface area contributed by atoms with E-state index in [1.165, 1.54) is 0 Å². The molecule has 2 aromatic rings. The first kappa shape index (κ1) is 15.4. The van der Waals surface area contributed by atoms with Crippen molar-refractivity contribution >= 4 is 23.2 Å². The third kappa shape index (κ3) is 4.26. The zero-order chi connectivity index (χ0) is 15.2. The summed E-state index contributed by atoms with van der Waals surface area (Å²) in [6, 6.07) is 9.98. The number of aryl methyl sites for hydroxylation is 1. The summed E-state index contributed by atoms with van der Waals surface area (Å²) in [4.78, 5) is 12.0. The highest BCUT2D eigenvalue weighted by atomic mass is 35.5. The first-order valence-corrected chi connectivity index (χ1v) is 7.05. The summed E-state index contributed by atoms with van der Waals surface area (Å²) in [7, 11) is 0. The van der Waals surface area contributed by atoms with Crippen molar-refractivity contribution in [3.05, 3.63) is 65.2 Å². The Kier molecular flexibility index (Phi) is 5.28. The molecule has 0 saturated heterocycles. The van der Waals surface area contributed by atoms with Crippen molar-refractivity contribution in [3.8, 4) is 0 Å². The van der Waals surface area contributed by atoms with Gasteiger partial charge in [-0.1, -0.05) is 12.1 Å². The number of anilines is 1. The highest BCUT2D eigenvalue weighted by Gasteiger charge is 2.13. The van der Waals surface area contributed by atoms with E-state index in [1.54, 1.807) is 18.2 Å². The maximum atomic E-state index is 13.5. The van der Waals surface area contributed by atoms with Gasteiger partial charge < -0.3 is 5.32 Å². The SMILES string of the molecule is O=C(Nc1cccc(CCCCl)c1)c1cc(F)ccc1F. The highest BCUT2D eigenvalue weighted by Crippen LogP contribution is 2.16. The van der Waals surface area contributed by atoms with Crippen LogP contribution in [0.2, 0.25) is 0 Å². The molecule has 0 spiro atoms. The zero-order valence-electron chi connectivity index (χ0n) is 11.2. The van der Waals surface area contributed by atoms with E-state index < -0.39 is 17.5 Å². The Morgan fingerprint density at radius 2 is 1.95 bits per heavy atom. The predicted molar refractivity (Wildman–Crippen MR) is 79.8 cm³/mol. The van der Waals surface area contributed by atoms with Crippen molar-refractivity contribution < 1.29 is 13.6 Å². The Hall–Kier alpha value is -1.94.